The minimum Gasteiger partial charge on any atom is -0.460 e. The highest BCUT2D eigenvalue weighted by Crippen LogP contribution is 2.35. The number of hydrogen-bond acceptors (Lipinski definition) is 3. The Balaban J connectivity index is 2.02. The summed E-state index contributed by atoms with van der Waals surface area (Å²) in [5.41, 5.74) is 0. The smallest absolute Gasteiger partial charge is 0.330 e. The molecule has 106 valence electrons. The third-order valence-electron chi connectivity index (χ3n) is 4.10. The molecule has 0 aromatic carbocycles. The van der Waals surface area contributed by atoms with E-state index in [0.29, 0.717) is 11.8 Å². The number of aliphatic hydroxyl groups is 1. The highest BCUT2D eigenvalue weighted by atomic mass is 16.5. The Morgan fingerprint density at radius 1 is 1.32 bits per heavy atom. The zero-order chi connectivity index (χ0) is 13.7. The molecule has 3 heteroatoms. The topological polar surface area (TPSA) is 46.5 Å². The fourth-order valence-electron chi connectivity index (χ4n) is 3.06. The van der Waals surface area contributed by atoms with Gasteiger partial charge in [0.05, 0.1) is 12.2 Å². The molecular weight excluding hydrogens is 240 g/mol. The van der Waals surface area contributed by atoms with Crippen molar-refractivity contribution in [3.8, 4) is 0 Å². The third-order valence-corrected chi connectivity index (χ3v) is 4.10. The molecule has 0 bridgehead atoms. The summed E-state index contributed by atoms with van der Waals surface area (Å²) in [7, 11) is 0. The van der Waals surface area contributed by atoms with Crippen LogP contribution in [0.3, 0.4) is 0 Å². The minimum atomic E-state index is -0.241. The van der Waals surface area contributed by atoms with Crippen LogP contribution < -0.4 is 0 Å². The van der Waals surface area contributed by atoms with E-state index in [1.807, 2.05) is 13.0 Å². The van der Waals surface area contributed by atoms with Crippen LogP contribution in [0.2, 0.25) is 0 Å². The van der Waals surface area contributed by atoms with Gasteiger partial charge in [0.25, 0.3) is 0 Å². The molecule has 2 aliphatic rings. The number of esters is 1. The number of carbonyl (C=O) groups is 1. The molecule has 0 spiro atoms. The third kappa shape index (κ3) is 4.50. The van der Waals surface area contributed by atoms with Crippen molar-refractivity contribution in [3.63, 3.8) is 0 Å². The molecule has 0 unspecified atom stereocenters. The van der Waals surface area contributed by atoms with Crippen LogP contribution in [0.25, 0.3) is 0 Å². The van der Waals surface area contributed by atoms with Crippen LogP contribution in [0.5, 0.6) is 0 Å². The largest absolute Gasteiger partial charge is 0.460 e. The summed E-state index contributed by atoms with van der Waals surface area (Å²) < 4.78 is 5.30. The Hall–Kier alpha value is -1.09. The lowest BCUT2D eigenvalue weighted by Gasteiger charge is -2.13. The molecule has 3 nitrogen and oxygen atoms in total. The van der Waals surface area contributed by atoms with Gasteiger partial charge >= 0.3 is 5.97 Å². The lowest BCUT2D eigenvalue weighted by atomic mass is 9.92. The van der Waals surface area contributed by atoms with Crippen LogP contribution in [-0.4, -0.2) is 23.3 Å². The number of rotatable bonds is 0. The van der Waals surface area contributed by atoms with Gasteiger partial charge in [-0.3, -0.25) is 0 Å². The fraction of sp³-hybridized carbons (Fsp3) is 0.688. The van der Waals surface area contributed by atoms with Crippen LogP contribution in [-0.2, 0) is 9.53 Å². The second kappa shape index (κ2) is 6.90. The molecule has 19 heavy (non-hydrogen) atoms. The lowest BCUT2D eigenvalue weighted by Crippen LogP contribution is -2.12. The number of fused-ring (bicyclic) bond motifs is 1. The van der Waals surface area contributed by atoms with Crippen molar-refractivity contribution in [1.29, 1.82) is 0 Å². The summed E-state index contributed by atoms with van der Waals surface area (Å²) in [5.74, 6) is 0.664. The SMILES string of the molecule is C[C@H]1CCC/C=C/[C@@H]2C[C@H](O)C[C@H]2C/C=C/C(=O)O1. The van der Waals surface area contributed by atoms with Gasteiger partial charge in [0.15, 0.2) is 0 Å². The monoisotopic (exact) mass is 264 g/mol. The maximum absolute atomic E-state index is 11.6. The van der Waals surface area contributed by atoms with Crippen LogP contribution in [0.4, 0.5) is 0 Å². The van der Waals surface area contributed by atoms with Crippen molar-refractivity contribution in [2.75, 3.05) is 0 Å². The van der Waals surface area contributed by atoms with E-state index in [0.717, 1.165) is 38.5 Å². The van der Waals surface area contributed by atoms with E-state index in [-0.39, 0.29) is 18.2 Å². The van der Waals surface area contributed by atoms with Crippen LogP contribution in [0.1, 0.15) is 45.4 Å². The van der Waals surface area contributed by atoms with Gasteiger partial charge < -0.3 is 9.84 Å². The summed E-state index contributed by atoms with van der Waals surface area (Å²) in [4.78, 5) is 11.6. The Labute approximate surface area is 115 Å². The number of cyclic esters (lactones) is 1. The molecule has 0 radical (unpaired) electrons. The quantitative estimate of drug-likeness (QED) is 0.540. The van der Waals surface area contributed by atoms with E-state index in [9.17, 15) is 9.90 Å². The highest BCUT2D eigenvalue weighted by molar-refractivity contribution is 5.82. The molecule has 0 aromatic heterocycles. The van der Waals surface area contributed by atoms with E-state index in [1.165, 1.54) is 0 Å². The fourth-order valence-corrected chi connectivity index (χ4v) is 3.06. The normalized spacial score (nSPS) is 40.2. The van der Waals surface area contributed by atoms with Crippen molar-refractivity contribution >= 4 is 5.97 Å². The van der Waals surface area contributed by atoms with Crippen LogP contribution >= 0.6 is 0 Å². The first-order chi connectivity index (χ1) is 9.15. The maximum Gasteiger partial charge on any atom is 0.330 e. The standard InChI is InChI=1S/C16H24O3/c1-12-6-3-2-4-7-13-10-15(17)11-14(13)8-5-9-16(18)19-12/h4-5,7,9,12-15,17H,2-3,6,8,10-11H2,1H3/b7-4+,9-5+/t12-,13+,14+,15-/m0/s1. The Morgan fingerprint density at radius 3 is 3.00 bits per heavy atom. The summed E-state index contributed by atoms with van der Waals surface area (Å²) in [6.07, 6.45) is 13.2. The minimum absolute atomic E-state index is 0.00683. The predicted octanol–water partition coefficient (Wildman–Crippen LogP) is 2.99. The molecule has 0 aromatic rings. The molecule has 4 atom stereocenters. The average Bonchev–Trinajstić information content (AvgIpc) is 2.68. The number of aliphatic hydroxyl groups excluding tert-OH is 1. The van der Waals surface area contributed by atoms with E-state index in [2.05, 4.69) is 12.2 Å². The van der Waals surface area contributed by atoms with Gasteiger partial charge in [-0.15, -0.1) is 0 Å². The number of hydrogen-bond donors (Lipinski definition) is 1. The molecule has 1 fully saturated rings. The zero-order valence-corrected chi connectivity index (χ0v) is 11.6. The highest BCUT2D eigenvalue weighted by Gasteiger charge is 2.30. The summed E-state index contributed by atoms with van der Waals surface area (Å²) >= 11 is 0. The number of allylic oxidation sites excluding steroid dienone is 3. The molecule has 2 rings (SSSR count). The summed E-state index contributed by atoms with van der Waals surface area (Å²) in [6.45, 7) is 1.94. The van der Waals surface area contributed by atoms with E-state index in [1.54, 1.807) is 6.08 Å². The van der Waals surface area contributed by atoms with Crippen LogP contribution in [0.15, 0.2) is 24.3 Å². The average molecular weight is 264 g/mol. The van der Waals surface area contributed by atoms with Crippen molar-refractivity contribution < 1.29 is 14.6 Å². The summed E-state index contributed by atoms with van der Waals surface area (Å²) in [6, 6.07) is 0. The first-order valence-electron chi connectivity index (χ1n) is 7.37. The van der Waals surface area contributed by atoms with Crippen molar-refractivity contribution in [2.24, 2.45) is 11.8 Å². The van der Waals surface area contributed by atoms with E-state index >= 15 is 0 Å². The predicted molar refractivity (Wildman–Crippen MR) is 74.5 cm³/mol. The van der Waals surface area contributed by atoms with Gasteiger partial charge in [-0.05, 0) is 57.3 Å². The first kappa shape index (κ1) is 14.3. The van der Waals surface area contributed by atoms with Crippen molar-refractivity contribution in [2.45, 2.75) is 57.7 Å². The van der Waals surface area contributed by atoms with Gasteiger partial charge in [-0.2, -0.15) is 0 Å². The molecule has 0 amide bonds. The molecule has 1 saturated carbocycles. The van der Waals surface area contributed by atoms with E-state index < -0.39 is 0 Å². The Morgan fingerprint density at radius 2 is 2.16 bits per heavy atom. The van der Waals surface area contributed by atoms with Gasteiger partial charge in [0.2, 0.25) is 0 Å². The van der Waals surface area contributed by atoms with Gasteiger partial charge in [0, 0.05) is 6.08 Å². The Kier molecular flexibility index (Phi) is 5.20. The molecule has 1 aliphatic carbocycles. The molecular formula is C16H24O3. The van der Waals surface area contributed by atoms with Crippen molar-refractivity contribution in [1.82, 2.24) is 0 Å². The summed E-state index contributed by atoms with van der Waals surface area (Å²) in [5, 5.41) is 9.78. The maximum atomic E-state index is 11.6. The van der Waals surface area contributed by atoms with Crippen LogP contribution in [0, 0.1) is 11.8 Å². The van der Waals surface area contributed by atoms with Gasteiger partial charge in [-0.25, -0.2) is 4.79 Å². The second-order valence-electron chi connectivity index (χ2n) is 5.79. The number of carbonyl (C=O) groups excluding carboxylic acids is 1. The number of ether oxygens (including phenoxy) is 1. The molecule has 1 N–H and O–H groups in total. The Bertz CT molecular complexity index is 359. The zero-order valence-electron chi connectivity index (χ0n) is 11.6. The van der Waals surface area contributed by atoms with E-state index in [4.69, 9.17) is 4.74 Å². The molecule has 0 saturated heterocycles. The van der Waals surface area contributed by atoms with Gasteiger partial charge in [-0.1, -0.05) is 18.2 Å². The molecule has 1 heterocycles. The molecule has 1 aliphatic heterocycles. The second-order valence-corrected chi connectivity index (χ2v) is 5.79. The lowest BCUT2D eigenvalue weighted by molar-refractivity contribution is -0.142. The van der Waals surface area contributed by atoms with Crippen molar-refractivity contribution in [3.05, 3.63) is 24.3 Å². The van der Waals surface area contributed by atoms with Gasteiger partial charge in [0.1, 0.15) is 0 Å². The first-order valence-corrected chi connectivity index (χ1v) is 7.37.